The van der Waals surface area contributed by atoms with Gasteiger partial charge in [0.1, 0.15) is 11.6 Å². The van der Waals surface area contributed by atoms with Crippen molar-refractivity contribution >= 4 is 23.4 Å². The number of carbonyl (C=O) groups excluding carboxylic acids is 1. The van der Waals surface area contributed by atoms with Crippen LogP contribution in [0, 0.1) is 13.8 Å². The van der Waals surface area contributed by atoms with E-state index in [0.717, 1.165) is 28.5 Å². The number of amides is 1. The molecule has 6 nitrogen and oxygen atoms in total. The number of hydrogen-bond donors (Lipinski definition) is 1. The van der Waals surface area contributed by atoms with Gasteiger partial charge in [0, 0.05) is 5.69 Å². The van der Waals surface area contributed by atoms with Crippen LogP contribution >= 0.6 is 11.8 Å². The highest BCUT2D eigenvalue weighted by Gasteiger charge is 2.20. The number of hydrogen-bond acceptors (Lipinski definition) is 5. The fourth-order valence-electron chi connectivity index (χ4n) is 2.64. The molecule has 1 amide bonds. The van der Waals surface area contributed by atoms with E-state index in [1.807, 2.05) is 73.9 Å². The van der Waals surface area contributed by atoms with Crippen LogP contribution in [0.25, 0.3) is 5.69 Å². The van der Waals surface area contributed by atoms with Crippen LogP contribution in [0.3, 0.4) is 0 Å². The van der Waals surface area contributed by atoms with Gasteiger partial charge in [0.25, 0.3) is 0 Å². The molecule has 0 spiro atoms. The van der Waals surface area contributed by atoms with Crippen LogP contribution < -0.4 is 10.1 Å². The lowest BCUT2D eigenvalue weighted by Crippen LogP contribution is -2.22. The van der Waals surface area contributed by atoms with Gasteiger partial charge in [0.05, 0.1) is 18.0 Å². The maximum absolute atomic E-state index is 12.6. The van der Waals surface area contributed by atoms with Crippen LogP contribution in [0.1, 0.15) is 18.3 Å². The highest BCUT2D eigenvalue weighted by Crippen LogP contribution is 2.27. The standard InChI is InChI=1S/C20H22N4O2S/c1-13-7-5-6-8-18(13)24-15(3)22-23-20(24)27-14(2)19(25)21-16-9-11-17(26-4)12-10-16/h5-12,14H,1-4H3,(H,21,25). The first-order valence-corrected chi connectivity index (χ1v) is 9.47. The molecule has 1 heterocycles. The molecule has 3 rings (SSSR count). The average molecular weight is 382 g/mol. The first-order chi connectivity index (χ1) is 13.0. The van der Waals surface area contributed by atoms with Crippen molar-refractivity contribution in [3.8, 4) is 11.4 Å². The number of aryl methyl sites for hydroxylation is 2. The minimum atomic E-state index is -0.335. The monoisotopic (exact) mass is 382 g/mol. The lowest BCUT2D eigenvalue weighted by Gasteiger charge is -2.14. The molecule has 0 saturated carbocycles. The van der Waals surface area contributed by atoms with Crippen LogP contribution in [0.2, 0.25) is 0 Å². The summed E-state index contributed by atoms with van der Waals surface area (Å²) in [5.41, 5.74) is 2.87. The van der Waals surface area contributed by atoms with E-state index in [9.17, 15) is 4.79 Å². The minimum Gasteiger partial charge on any atom is -0.497 e. The maximum Gasteiger partial charge on any atom is 0.237 e. The molecule has 1 unspecified atom stereocenters. The maximum atomic E-state index is 12.6. The highest BCUT2D eigenvalue weighted by molar-refractivity contribution is 8.00. The predicted molar refractivity (Wildman–Crippen MR) is 108 cm³/mol. The first kappa shape index (κ1) is 19.0. The largest absolute Gasteiger partial charge is 0.497 e. The summed E-state index contributed by atoms with van der Waals surface area (Å²) < 4.78 is 7.12. The van der Waals surface area contributed by atoms with E-state index in [0.29, 0.717) is 5.16 Å². The Balaban J connectivity index is 1.75. The Morgan fingerprint density at radius 3 is 2.48 bits per heavy atom. The van der Waals surface area contributed by atoms with Crippen molar-refractivity contribution in [2.24, 2.45) is 0 Å². The summed E-state index contributed by atoms with van der Waals surface area (Å²) in [6.07, 6.45) is 0. The Labute approximate surface area is 163 Å². The number of rotatable bonds is 6. The average Bonchev–Trinajstić information content (AvgIpc) is 3.03. The summed E-state index contributed by atoms with van der Waals surface area (Å²) in [6, 6.07) is 15.3. The zero-order chi connectivity index (χ0) is 19.4. The van der Waals surface area contributed by atoms with E-state index >= 15 is 0 Å². The SMILES string of the molecule is COc1ccc(NC(=O)C(C)Sc2nnc(C)n2-c2ccccc2C)cc1. The molecule has 7 heteroatoms. The molecular formula is C20H22N4O2S. The van der Waals surface area contributed by atoms with Crippen LogP contribution in [-0.4, -0.2) is 33.0 Å². The number of carbonyl (C=O) groups is 1. The molecule has 1 N–H and O–H groups in total. The molecular weight excluding hydrogens is 360 g/mol. The van der Waals surface area contributed by atoms with Gasteiger partial charge < -0.3 is 10.1 Å². The number of nitrogens with zero attached hydrogens (tertiary/aromatic N) is 3. The molecule has 0 aliphatic heterocycles. The van der Waals surface area contributed by atoms with Crippen LogP contribution in [0.4, 0.5) is 5.69 Å². The first-order valence-electron chi connectivity index (χ1n) is 8.59. The molecule has 0 aliphatic rings. The topological polar surface area (TPSA) is 69.0 Å². The van der Waals surface area contributed by atoms with Gasteiger partial charge in [-0.1, -0.05) is 30.0 Å². The number of para-hydroxylation sites is 1. The number of aromatic nitrogens is 3. The van der Waals surface area contributed by atoms with Gasteiger partial charge in [0.15, 0.2) is 5.16 Å². The molecule has 0 saturated heterocycles. The minimum absolute atomic E-state index is 0.0952. The number of anilines is 1. The molecule has 0 fully saturated rings. The summed E-state index contributed by atoms with van der Waals surface area (Å²) in [5, 5.41) is 11.7. The summed E-state index contributed by atoms with van der Waals surface area (Å²) in [4.78, 5) is 12.6. The summed E-state index contributed by atoms with van der Waals surface area (Å²) in [6.45, 7) is 5.81. The molecule has 140 valence electrons. The van der Waals surface area contributed by atoms with Crippen LogP contribution in [-0.2, 0) is 4.79 Å². The van der Waals surface area contributed by atoms with Gasteiger partial charge in [0.2, 0.25) is 5.91 Å². The fourth-order valence-corrected chi connectivity index (χ4v) is 3.55. The normalized spacial score (nSPS) is 11.9. The predicted octanol–water partition coefficient (Wildman–Crippen LogP) is 4.01. The van der Waals surface area contributed by atoms with E-state index in [4.69, 9.17) is 4.74 Å². The third-order valence-corrected chi connectivity index (χ3v) is 5.20. The second-order valence-electron chi connectivity index (χ2n) is 6.13. The highest BCUT2D eigenvalue weighted by atomic mass is 32.2. The molecule has 2 aromatic carbocycles. The Hall–Kier alpha value is -2.80. The molecule has 0 aliphatic carbocycles. The van der Waals surface area contributed by atoms with Gasteiger partial charge in [-0.3, -0.25) is 9.36 Å². The van der Waals surface area contributed by atoms with Gasteiger partial charge in [-0.25, -0.2) is 0 Å². The molecule has 1 atom stereocenters. The molecule has 27 heavy (non-hydrogen) atoms. The second-order valence-corrected chi connectivity index (χ2v) is 7.44. The van der Waals surface area contributed by atoms with Gasteiger partial charge in [-0.15, -0.1) is 10.2 Å². The number of methoxy groups -OCH3 is 1. The Morgan fingerprint density at radius 2 is 1.81 bits per heavy atom. The van der Waals surface area contributed by atoms with Gasteiger partial charge in [-0.05, 0) is 56.7 Å². The van der Waals surface area contributed by atoms with E-state index in [1.165, 1.54) is 11.8 Å². The fraction of sp³-hybridized carbons (Fsp3) is 0.250. The van der Waals surface area contributed by atoms with Crippen molar-refractivity contribution in [2.75, 3.05) is 12.4 Å². The molecule has 3 aromatic rings. The van der Waals surface area contributed by atoms with Crippen molar-refractivity contribution < 1.29 is 9.53 Å². The smallest absolute Gasteiger partial charge is 0.237 e. The lowest BCUT2D eigenvalue weighted by atomic mass is 10.2. The Morgan fingerprint density at radius 1 is 1.11 bits per heavy atom. The van der Waals surface area contributed by atoms with Crippen molar-refractivity contribution in [3.63, 3.8) is 0 Å². The zero-order valence-corrected chi connectivity index (χ0v) is 16.6. The number of ether oxygens (including phenoxy) is 1. The number of benzene rings is 2. The quantitative estimate of drug-likeness (QED) is 0.652. The number of thioether (sulfide) groups is 1. The number of nitrogens with one attached hydrogen (secondary N) is 1. The summed E-state index contributed by atoms with van der Waals surface area (Å²) in [7, 11) is 1.61. The van der Waals surface area contributed by atoms with E-state index in [1.54, 1.807) is 7.11 Å². The molecule has 0 radical (unpaired) electrons. The van der Waals surface area contributed by atoms with Crippen molar-refractivity contribution in [2.45, 2.75) is 31.2 Å². The molecule has 1 aromatic heterocycles. The zero-order valence-electron chi connectivity index (χ0n) is 15.8. The van der Waals surface area contributed by atoms with Crippen molar-refractivity contribution in [3.05, 3.63) is 59.9 Å². The third kappa shape index (κ3) is 4.31. The van der Waals surface area contributed by atoms with Crippen molar-refractivity contribution in [1.82, 2.24) is 14.8 Å². The van der Waals surface area contributed by atoms with E-state index in [-0.39, 0.29) is 11.2 Å². The van der Waals surface area contributed by atoms with Gasteiger partial charge >= 0.3 is 0 Å². The van der Waals surface area contributed by atoms with E-state index in [2.05, 4.69) is 15.5 Å². The Bertz CT molecular complexity index is 937. The van der Waals surface area contributed by atoms with Crippen molar-refractivity contribution in [1.29, 1.82) is 0 Å². The summed E-state index contributed by atoms with van der Waals surface area (Å²) >= 11 is 1.38. The third-order valence-electron chi connectivity index (χ3n) is 4.16. The van der Waals surface area contributed by atoms with Crippen LogP contribution in [0.15, 0.2) is 53.7 Å². The Kier molecular flexibility index (Phi) is 5.81. The lowest BCUT2D eigenvalue weighted by molar-refractivity contribution is -0.115. The van der Waals surface area contributed by atoms with Crippen LogP contribution in [0.5, 0.6) is 5.75 Å². The van der Waals surface area contributed by atoms with E-state index < -0.39 is 0 Å². The second kappa shape index (κ2) is 8.26. The summed E-state index contributed by atoms with van der Waals surface area (Å²) in [5.74, 6) is 1.44. The molecule has 0 bridgehead atoms. The van der Waals surface area contributed by atoms with Gasteiger partial charge in [-0.2, -0.15) is 0 Å².